The quantitative estimate of drug-likeness (QED) is 0.283. The summed E-state index contributed by atoms with van der Waals surface area (Å²) in [6.45, 7) is 0.393. The van der Waals surface area contributed by atoms with E-state index >= 15 is 0 Å². The highest BCUT2D eigenvalue weighted by molar-refractivity contribution is 8.18. The van der Waals surface area contributed by atoms with Crippen LogP contribution in [-0.4, -0.2) is 41.2 Å². The molecule has 7 nitrogen and oxygen atoms in total. The molecule has 1 heterocycles. The van der Waals surface area contributed by atoms with Crippen molar-refractivity contribution in [2.45, 2.75) is 6.61 Å². The van der Waals surface area contributed by atoms with Gasteiger partial charge in [-0.3, -0.25) is 9.69 Å². The summed E-state index contributed by atoms with van der Waals surface area (Å²) in [5.41, 5.74) is 2.42. The molecule has 1 amide bonds. The third kappa shape index (κ3) is 5.40. The van der Waals surface area contributed by atoms with E-state index in [0.29, 0.717) is 33.9 Å². The fourth-order valence-corrected chi connectivity index (χ4v) is 4.99. The van der Waals surface area contributed by atoms with Crippen LogP contribution in [0.1, 0.15) is 21.5 Å². The summed E-state index contributed by atoms with van der Waals surface area (Å²) in [4.78, 5) is 30.5. The average Bonchev–Trinajstić information content (AvgIpc) is 3.19. The zero-order valence-corrected chi connectivity index (χ0v) is 21.6. The van der Waals surface area contributed by atoms with E-state index in [9.17, 15) is 14.7 Å². The Kier molecular flexibility index (Phi) is 7.15. The highest BCUT2D eigenvalue weighted by Gasteiger charge is 2.30. The number of hydrogen-bond donors (Lipinski definition) is 1. The lowest BCUT2D eigenvalue weighted by Crippen LogP contribution is -2.23. The number of thioether (sulfide) groups is 1. The van der Waals surface area contributed by atoms with Gasteiger partial charge in [-0.1, -0.05) is 48.5 Å². The maximum absolute atomic E-state index is 12.9. The monoisotopic (exact) mass is 524 g/mol. The van der Waals surface area contributed by atoms with Crippen molar-refractivity contribution in [3.63, 3.8) is 0 Å². The zero-order chi connectivity index (χ0) is 26.6. The van der Waals surface area contributed by atoms with Crippen molar-refractivity contribution in [2.75, 3.05) is 14.2 Å². The van der Waals surface area contributed by atoms with Crippen LogP contribution in [0.5, 0.6) is 11.5 Å². The van der Waals surface area contributed by atoms with Gasteiger partial charge in [0.15, 0.2) is 16.7 Å². The van der Waals surface area contributed by atoms with E-state index in [1.54, 1.807) is 32.4 Å². The number of aliphatic imine (C=N–C) groups is 1. The van der Waals surface area contributed by atoms with Gasteiger partial charge < -0.3 is 14.6 Å². The van der Waals surface area contributed by atoms with Crippen LogP contribution in [0.15, 0.2) is 94.8 Å². The number of ether oxygens (including phenoxy) is 2. The van der Waals surface area contributed by atoms with Gasteiger partial charge >= 0.3 is 5.97 Å². The lowest BCUT2D eigenvalue weighted by Gasteiger charge is -2.12. The Morgan fingerprint density at radius 1 is 0.974 bits per heavy atom. The van der Waals surface area contributed by atoms with Crippen LogP contribution < -0.4 is 9.47 Å². The molecule has 0 saturated carbocycles. The van der Waals surface area contributed by atoms with E-state index in [1.807, 2.05) is 36.4 Å². The van der Waals surface area contributed by atoms with Crippen molar-refractivity contribution in [1.29, 1.82) is 0 Å². The number of benzene rings is 4. The molecule has 1 saturated heterocycles. The largest absolute Gasteiger partial charge is 0.493 e. The molecule has 0 unspecified atom stereocenters. The van der Waals surface area contributed by atoms with Gasteiger partial charge in [-0.2, -0.15) is 0 Å². The molecule has 4 aromatic rings. The first-order chi connectivity index (χ1) is 18.4. The van der Waals surface area contributed by atoms with Gasteiger partial charge in [-0.15, -0.1) is 0 Å². The minimum atomic E-state index is -1.03. The second-order valence-electron chi connectivity index (χ2n) is 8.61. The molecule has 1 N–H and O–H groups in total. The maximum atomic E-state index is 12.9. The number of carboxylic acid groups (broad SMARTS) is 1. The predicted molar refractivity (Wildman–Crippen MR) is 150 cm³/mol. The second-order valence-corrected chi connectivity index (χ2v) is 9.61. The normalized spacial score (nSPS) is 15.4. The van der Waals surface area contributed by atoms with E-state index in [-0.39, 0.29) is 11.5 Å². The standard InChI is InChI=1S/C30H24N2O5S/c1-32-28(33)27(38-30(32)31-24-9-5-8-23(17-24)29(34)35)16-19-11-13-25(26(15-19)36-2)37-18-20-10-12-21-6-3-4-7-22(21)14-20/h3-17H,18H2,1-2H3,(H,34,35). The summed E-state index contributed by atoms with van der Waals surface area (Å²) < 4.78 is 11.6. The van der Waals surface area contributed by atoms with Crippen LogP contribution in [0.3, 0.4) is 0 Å². The van der Waals surface area contributed by atoms with Crippen molar-refractivity contribution >= 4 is 51.3 Å². The third-order valence-corrected chi connectivity index (χ3v) is 7.08. The van der Waals surface area contributed by atoms with Crippen LogP contribution in [0.25, 0.3) is 16.8 Å². The van der Waals surface area contributed by atoms with Crippen molar-refractivity contribution in [2.24, 2.45) is 4.99 Å². The molecule has 0 aliphatic carbocycles. The highest BCUT2D eigenvalue weighted by atomic mass is 32.2. The lowest BCUT2D eigenvalue weighted by atomic mass is 10.1. The van der Waals surface area contributed by atoms with Gasteiger partial charge in [0.25, 0.3) is 5.91 Å². The van der Waals surface area contributed by atoms with Gasteiger partial charge in [-0.25, -0.2) is 9.79 Å². The lowest BCUT2D eigenvalue weighted by molar-refractivity contribution is -0.121. The zero-order valence-electron chi connectivity index (χ0n) is 20.8. The summed E-state index contributed by atoms with van der Waals surface area (Å²) >= 11 is 1.22. The summed E-state index contributed by atoms with van der Waals surface area (Å²) in [6.07, 6.45) is 1.77. The van der Waals surface area contributed by atoms with E-state index in [0.717, 1.165) is 16.5 Å². The fraction of sp³-hybridized carbons (Fsp3) is 0.100. The Bertz CT molecular complexity index is 1610. The van der Waals surface area contributed by atoms with Gasteiger partial charge in [0, 0.05) is 7.05 Å². The topological polar surface area (TPSA) is 88.4 Å². The molecule has 190 valence electrons. The number of amidine groups is 1. The van der Waals surface area contributed by atoms with Crippen LogP contribution in [0, 0.1) is 0 Å². The number of carbonyl (C=O) groups excluding carboxylic acids is 1. The minimum Gasteiger partial charge on any atom is -0.493 e. The Balaban J connectivity index is 1.33. The number of rotatable bonds is 7. The molecule has 5 rings (SSSR count). The number of carbonyl (C=O) groups is 2. The van der Waals surface area contributed by atoms with Gasteiger partial charge in [0.2, 0.25) is 0 Å². The average molecular weight is 525 g/mol. The summed E-state index contributed by atoms with van der Waals surface area (Å²) in [7, 11) is 3.22. The molecular formula is C30H24N2O5S. The number of carboxylic acids is 1. The van der Waals surface area contributed by atoms with Crippen LogP contribution in [0.2, 0.25) is 0 Å². The molecule has 0 radical (unpaired) electrons. The molecule has 1 aliphatic heterocycles. The maximum Gasteiger partial charge on any atom is 0.335 e. The molecule has 0 atom stereocenters. The third-order valence-electron chi connectivity index (χ3n) is 6.02. The first-order valence-electron chi connectivity index (χ1n) is 11.8. The van der Waals surface area contributed by atoms with Crippen molar-refractivity contribution < 1.29 is 24.2 Å². The van der Waals surface area contributed by atoms with Crippen molar-refractivity contribution in [3.8, 4) is 11.5 Å². The molecule has 38 heavy (non-hydrogen) atoms. The van der Waals surface area contributed by atoms with Gasteiger partial charge in [0.05, 0.1) is 23.3 Å². The Labute approximate surface area is 224 Å². The number of nitrogens with zero attached hydrogens (tertiary/aromatic N) is 2. The minimum absolute atomic E-state index is 0.134. The van der Waals surface area contributed by atoms with Crippen molar-refractivity contribution in [3.05, 3.63) is 107 Å². The van der Waals surface area contributed by atoms with E-state index in [2.05, 4.69) is 29.3 Å². The highest BCUT2D eigenvalue weighted by Crippen LogP contribution is 2.35. The molecule has 8 heteroatoms. The molecular weight excluding hydrogens is 500 g/mol. The Hall–Kier alpha value is -4.56. The second kappa shape index (κ2) is 10.8. The van der Waals surface area contributed by atoms with Gasteiger partial charge in [-0.05, 0) is 76.1 Å². The SMILES string of the molecule is COc1cc(C=C2SC(=Nc3cccc(C(=O)O)c3)N(C)C2=O)ccc1OCc1ccc2ccccc2c1. The number of likely N-dealkylation sites (N-methyl/N-ethyl adjacent to an activating group) is 1. The van der Waals surface area contributed by atoms with E-state index < -0.39 is 5.97 Å². The van der Waals surface area contributed by atoms with Gasteiger partial charge in [0.1, 0.15) is 6.61 Å². The number of fused-ring (bicyclic) bond motifs is 1. The first kappa shape index (κ1) is 25.1. The van der Waals surface area contributed by atoms with Crippen molar-refractivity contribution in [1.82, 2.24) is 4.90 Å². The number of amides is 1. The molecule has 1 fully saturated rings. The van der Waals surface area contributed by atoms with E-state index in [4.69, 9.17) is 9.47 Å². The fourth-order valence-electron chi connectivity index (χ4n) is 4.00. The molecule has 0 aromatic heterocycles. The number of aromatic carboxylic acids is 1. The first-order valence-corrected chi connectivity index (χ1v) is 12.6. The molecule has 0 bridgehead atoms. The summed E-state index contributed by atoms with van der Waals surface area (Å²) in [5, 5.41) is 12.0. The molecule has 4 aromatic carbocycles. The van der Waals surface area contributed by atoms with E-state index in [1.165, 1.54) is 34.2 Å². The predicted octanol–water partition coefficient (Wildman–Crippen LogP) is 6.36. The van der Waals surface area contributed by atoms with Crippen LogP contribution in [0.4, 0.5) is 5.69 Å². The summed E-state index contributed by atoms with van der Waals surface area (Å²) in [5.74, 6) is -0.0669. The van der Waals surface area contributed by atoms with Crippen LogP contribution in [-0.2, 0) is 11.4 Å². The Morgan fingerprint density at radius 2 is 1.79 bits per heavy atom. The molecule has 1 aliphatic rings. The smallest absolute Gasteiger partial charge is 0.335 e. The number of hydrogen-bond acceptors (Lipinski definition) is 6. The summed E-state index contributed by atoms with van der Waals surface area (Å²) in [6, 6.07) is 26.2. The van der Waals surface area contributed by atoms with Crippen LogP contribution >= 0.6 is 11.8 Å². The number of methoxy groups -OCH3 is 1. The Morgan fingerprint density at radius 3 is 2.58 bits per heavy atom. The molecule has 0 spiro atoms.